The molecule has 1 heterocycles. The Morgan fingerprint density at radius 2 is 1.66 bits per heavy atom. The lowest BCUT2D eigenvalue weighted by molar-refractivity contribution is -0.113. The molecule has 0 atom stereocenters. The number of nitrogens with two attached hydrogens (primary N) is 1. The number of rotatable bonds is 7. The summed E-state index contributed by atoms with van der Waals surface area (Å²) in [4.78, 5) is 24.4. The molecule has 0 spiro atoms. The fraction of sp³-hybridized carbons (Fsp3) is 0.158. The van der Waals surface area contributed by atoms with E-state index in [0.29, 0.717) is 33.7 Å². The summed E-state index contributed by atoms with van der Waals surface area (Å²) in [6, 6.07) is 13.7. The van der Waals surface area contributed by atoms with Gasteiger partial charge in [-0.3, -0.25) is 9.59 Å². The lowest BCUT2D eigenvalue weighted by Crippen LogP contribution is -2.17. The first kappa shape index (κ1) is 20.2. The van der Waals surface area contributed by atoms with Crippen LogP contribution in [0, 0.1) is 6.92 Å². The van der Waals surface area contributed by atoms with E-state index in [0.717, 1.165) is 0 Å². The van der Waals surface area contributed by atoms with Crippen molar-refractivity contribution in [2.24, 2.45) is 0 Å². The Labute approximate surface area is 171 Å². The molecule has 29 heavy (non-hydrogen) atoms. The Hall–Kier alpha value is -3.53. The summed E-state index contributed by atoms with van der Waals surface area (Å²) in [5.74, 6) is 6.70. The zero-order chi connectivity index (χ0) is 20.8. The molecule has 10 heteroatoms. The number of aryl methyl sites for hydroxylation is 1. The second-order valence-corrected chi connectivity index (χ2v) is 6.94. The topological polar surface area (TPSA) is 124 Å². The maximum Gasteiger partial charge on any atom is 0.255 e. The molecule has 4 N–H and O–H groups in total. The third kappa shape index (κ3) is 5.26. The van der Waals surface area contributed by atoms with Crippen molar-refractivity contribution in [1.29, 1.82) is 0 Å². The van der Waals surface area contributed by atoms with Crippen LogP contribution in [0.5, 0.6) is 5.75 Å². The van der Waals surface area contributed by atoms with E-state index in [-0.39, 0.29) is 17.6 Å². The molecule has 0 radical (unpaired) electrons. The van der Waals surface area contributed by atoms with Gasteiger partial charge in [-0.05, 0) is 55.5 Å². The van der Waals surface area contributed by atoms with Crippen LogP contribution in [0.2, 0.25) is 0 Å². The molecule has 0 fully saturated rings. The standard InChI is InChI=1S/C19H20N6O3S/c1-12-23-24-19(25(12)20)29-11-17(26)21-14-5-3-13(4-6-14)18(27)22-15-7-9-16(28-2)10-8-15/h3-10H,11,20H2,1-2H3,(H,21,26)(H,22,27). The van der Waals surface area contributed by atoms with Crippen LogP contribution in [-0.2, 0) is 4.79 Å². The summed E-state index contributed by atoms with van der Waals surface area (Å²) in [6.45, 7) is 1.73. The van der Waals surface area contributed by atoms with Crippen molar-refractivity contribution in [3.05, 3.63) is 59.9 Å². The quantitative estimate of drug-likeness (QED) is 0.402. The molecule has 150 valence electrons. The minimum absolute atomic E-state index is 0.134. The first-order valence-corrected chi connectivity index (χ1v) is 9.60. The van der Waals surface area contributed by atoms with Crippen molar-refractivity contribution >= 4 is 35.0 Å². The number of aromatic nitrogens is 3. The van der Waals surface area contributed by atoms with Gasteiger partial charge in [0.15, 0.2) is 0 Å². The van der Waals surface area contributed by atoms with Gasteiger partial charge < -0.3 is 21.2 Å². The minimum Gasteiger partial charge on any atom is -0.497 e. The number of carbonyl (C=O) groups is 2. The number of thioether (sulfide) groups is 1. The molecule has 0 aliphatic heterocycles. The third-order valence-electron chi connectivity index (χ3n) is 3.95. The molecule has 2 amide bonds. The summed E-state index contributed by atoms with van der Waals surface area (Å²) in [7, 11) is 1.58. The highest BCUT2D eigenvalue weighted by Crippen LogP contribution is 2.18. The van der Waals surface area contributed by atoms with E-state index in [1.807, 2.05) is 0 Å². The number of ether oxygens (including phenoxy) is 1. The smallest absolute Gasteiger partial charge is 0.255 e. The number of hydrogen-bond donors (Lipinski definition) is 3. The third-order valence-corrected chi connectivity index (χ3v) is 4.89. The van der Waals surface area contributed by atoms with Crippen LogP contribution in [-0.4, -0.2) is 39.6 Å². The van der Waals surface area contributed by atoms with Gasteiger partial charge in [-0.1, -0.05) is 11.8 Å². The summed E-state index contributed by atoms with van der Waals surface area (Å²) >= 11 is 1.19. The predicted octanol–water partition coefficient (Wildman–Crippen LogP) is 2.29. The Balaban J connectivity index is 1.52. The Bertz CT molecular complexity index is 1000. The van der Waals surface area contributed by atoms with Crippen LogP contribution < -0.4 is 21.2 Å². The van der Waals surface area contributed by atoms with Gasteiger partial charge in [-0.2, -0.15) is 0 Å². The van der Waals surface area contributed by atoms with Crippen molar-refractivity contribution in [3.8, 4) is 5.75 Å². The van der Waals surface area contributed by atoms with E-state index >= 15 is 0 Å². The SMILES string of the molecule is COc1ccc(NC(=O)c2ccc(NC(=O)CSc3nnc(C)n3N)cc2)cc1. The van der Waals surface area contributed by atoms with E-state index in [9.17, 15) is 9.59 Å². The van der Waals surface area contributed by atoms with Crippen molar-refractivity contribution in [1.82, 2.24) is 14.9 Å². The Morgan fingerprint density at radius 1 is 1.03 bits per heavy atom. The number of carbonyl (C=O) groups excluding carboxylic acids is 2. The Morgan fingerprint density at radius 3 is 2.24 bits per heavy atom. The summed E-state index contributed by atoms with van der Waals surface area (Å²) < 4.78 is 6.42. The van der Waals surface area contributed by atoms with Gasteiger partial charge in [0, 0.05) is 16.9 Å². The first-order valence-electron chi connectivity index (χ1n) is 8.61. The van der Waals surface area contributed by atoms with Crippen LogP contribution in [0.3, 0.4) is 0 Å². The first-order chi connectivity index (χ1) is 14.0. The second kappa shape index (κ2) is 9.11. The predicted molar refractivity (Wildman–Crippen MR) is 112 cm³/mol. The highest BCUT2D eigenvalue weighted by Gasteiger charge is 2.11. The van der Waals surface area contributed by atoms with E-state index < -0.39 is 0 Å². The monoisotopic (exact) mass is 412 g/mol. The van der Waals surface area contributed by atoms with Crippen molar-refractivity contribution in [3.63, 3.8) is 0 Å². The van der Waals surface area contributed by atoms with Gasteiger partial charge in [-0.15, -0.1) is 10.2 Å². The number of nitrogen functional groups attached to an aromatic ring is 1. The molecule has 1 aromatic heterocycles. The number of hydrogen-bond acceptors (Lipinski definition) is 7. The number of nitrogens with zero attached hydrogens (tertiary/aromatic N) is 3. The molecule has 0 unspecified atom stereocenters. The van der Waals surface area contributed by atoms with Gasteiger partial charge in [0.05, 0.1) is 12.9 Å². The van der Waals surface area contributed by atoms with Crippen LogP contribution in [0.15, 0.2) is 53.7 Å². The van der Waals surface area contributed by atoms with Crippen LogP contribution in [0.1, 0.15) is 16.2 Å². The van der Waals surface area contributed by atoms with Gasteiger partial charge >= 0.3 is 0 Å². The largest absolute Gasteiger partial charge is 0.497 e. The number of methoxy groups -OCH3 is 1. The highest BCUT2D eigenvalue weighted by atomic mass is 32.2. The molecule has 3 rings (SSSR count). The molecule has 0 bridgehead atoms. The lowest BCUT2D eigenvalue weighted by atomic mass is 10.2. The average Bonchev–Trinajstić information content (AvgIpc) is 3.05. The van der Waals surface area contributed by atoms with E-state index in [1.165, 1.54) is 16.4 Å². The van der Waals surface area contributed by atoms with Crippen molar-refractivity contribution < 1.29 is 14.3 Å². The normalized spacial score (nSPS) is 10.4. The molecule has 0 aliphatic rings. The van der Waals surface area contributed by atoms with Gasteiger partial charge in [0.2, 0.25) is 11.1 Å². The molecule has 3 aromatic rings. The zero-order valence-corrected chi connectivity index (χ0v) is 16.7. The Kier molecular flexibility index (Phi) is 6.35. The number of nitrogens with one attached hydrogen (secondary N) is 2. The molecule has 2 aromatic carbocycles. The average molecular weight is 412 g/mol. The molecule has 0 aliphatic carbocycles. The minimum atomic E-state index is -0.249. The molecular weight excluding hydrogens is 392 g/mol. The second-order valence-electron chi connectivity index (χ2n) is 6.00. The maximum atomic E-state index is 12.3. The van der Waals surface area contributed by atoms with E-state index in [4.69, 9.17) is 10.6 Å². The van der Waals surface area contributed by atoms with Crippen molar-refractivity contribution in [2.45, 2.75) is 12.1 Å². The molecule has 0 saturated heterocycles. The summed E-state index contributed by atoms with van der Waals surface area (Å²) in [5.41, 5.74) is 1.72. The fourth-order valence-electron chi connectivity index (χ4n) is 2.36. The maximum absolute atomic E-state index is 12.3. The molecular formula is C19H20N6O3S. The van der Waals surface area contributed by atoms with Gasteiger partial charge in [-0.25, -0.2) is 4.68 Å². The van der Waals surface area contributed by atoms with Gasteiger partial charge in [0.25, 0.3) is 5.91 Å². The van der Waals surface area contributed by atoms with Gasteiger partial charge in [0.1, 0.15) is 11.6 Å². The van der Waals surface area contributed by atoms with Crippen LogP contribution in [0.25, 0.3) is 0 Å². The molecule has 0 saturated carbocycles. The van der Waals surface area contributed by atoms with E-state index in [1.54, 1.807) is 62.6 Å². The van der Waals surface area contributed by atoms with Crippen LogP contribution in [0.4, 0.5) is 11.4 Å². The number of benzene rings is 2. The lowest BCUT2D eigenvalue weighted by Gasteiger charge is -2.08. The van der Waals surface area contributed by atoms with Crippen LogP contribution >= 0.6 is 11.8 Å². The summed E-state index contributed by atoms with van der Waals surface area (Å²) in [6.07, 6.45) is 0. The fourth-order valence-corrected chi connectivity index (χ4v) is 3.06. The highest BCUT2D eigenvalue weighted by molar-refractivity contribution is 7.99. The zero-order valence-electron chi connectivity index (χ0n) is 15.9. The van der Waals surface area contributed by atoms with E-state index in [2.05, 4.69) is 20.8 Å². The summed E-state index contributed by atoms with van der Waals surface area (Å²) in [5, 5.41) is 13.8. The number of amides is 2. The number of anilines is 2. The molecule has 9 nitrogen and oxygen atoms in total. The van der Waals surface area contributed by atoms with Crippen molar-refractivity contribution in [2.75, 3.05) is 29.3 Å².